The lowest BCUT2D eigenvalue weighted by molar-refractivity contribution is -0.858. The van der Waals surface area contributed by atoms with Crippen molar-refractivity contribution in [3.8, 4) is 5.75 Å². The van der Waals surface area contributed by atoms with Gasteiger partial charge in [-0.1, -0.05) is 6.07 Å². The average Bonchev–Trinajstić information content (AvgIpc) is 2.90. The predicted molar refractivity (Wildman–Crippen MR) is 114 cm³/mol. The van der Waals surface area contributed by atoms with E-state index < -0.39 is 23.3 Å². The number of hydrogen-bond donors (Lipinski definition) is 2. The molecule has 1 aromatic heterocycles. The highest BCUT2D eigenvalue weighted by Crippen LogP contribution is 2.34. The Bertz CT molecular complexity index is 954. The minimum atomic E-state index is -1.03. The minimum Gasteiger partial charge on any atom is -0.481 e. The largest absolute Gasteiger partial charge is 0.481 e. The van der Waals surface area contributed by atoms with Crippen molar-refractivity contribution < 1.29 is 28.8 Å². The van der Waals surface area contributed by atoms with Crippen molar-refractivity contribution in [1.29, 1.82) is 0 Å². The van der Waals surface area contributed by atoms with Crippen LogP contribution >= 0.6 is 0 Å². The summed E-state index contributed by atoms with van der Waals surface area (Å²) in [7, 11) is 4.15. The molecule has 0 spiro atoms. The number of hydrogen-bond acceptors (Lipinski definition) is 5. The standard InChI is InChI=1S/C22H31N3O5/c1-14-18(20(27)21(23)28)19-15(25(14)12-8-11-24(5)6)9-7-10-16(19)29-13-17(26)30-22(2,3)4/h7,9-10H,8,11-13H2,1-6H3,(H2,23,28)/p+1. The number of esters is 1. The molecule has 1 heterocycles. The Hall–Kier alpha value is -2.87. The van der Waals surface area contributed by atoms with Crippen LogP contribution in [0.15, 0.2) is 18.2 Å². The number of rotatable bonds is 9. The van der Waals surface area contributed by atoms with Crippen molar-refractivity contribution in [3.05, 3.63) is 29.5 Å². The third kappa shape index (κ3) is 5.60. The summed E-state index contributed by atoms with van der Waals surface area (Å²) >= 11 is 0. The van der Waals surface area contributed by atoms with Gasteiger partial charge in [0.15, 0.2) is 6.61 Å². The molecule has 8 heteroatoms. The number of nitrogens with two attached hydrogens (primary N) is 1. The molecule has 0 atom stereocenters. The van der Waals surface area contributed by atoms with Gasteiger partial charge in [-0.2, -0.15) is 0 Å². The lowest BCUT2D eigenvalue weighted by Gasteiger charge is -2.19. The van der Waals surface area contributed by atoms with E-state index in [9.17, 15) is 14.4 Å². The van der Waals surface area contributed by atoms with E-state index >= 15 is 0 Å². The third-order valence-corrected chi connectivity index (χ3v) is 4.59. The first kappa shape index (κ1) is 23.4. The van der Waals surface area contributed by atoms with Gasteiger partial charge in [0.05, 0.1) is 37.1 Å². The van der Waals surface area contributed by atoms with Crippen molar-refractivity contribution in [3.63, 3.8) is 0 Å². The van der Waals surface area contributed by atoms with E-state index in [0.29, 0.717) is 23.4 Å². The van der Waals surface area contributed by atoms with E-state index in [1.807, 2.05) is 10.6 Å². The lowest BCUT2D eigenvalue weighted by atomic mass is 10.1. The lowest BCUT2D eigenvalue weighted by Crippen LogP contribution is -3.05. The number of nitrogens with one attached hydrogen (secondary N) is 1. The first-order valence-corrected chi connectivity index (χ1v) is 10.0. The van der Waals surface area contributed by atoms with E-state index in [2.05, 4.69) is 14.1 Å². The van der Waals surface area contributed by atoms with Gasteiger partial charge in [-0.3, -0.25) is 9.59 Å². The molecule has 0 saturated carbocycles. The van der Waals surface area contributed by atoms with Gasteiger partial charge < -0.3 is 24.7 Å². The highest BCUT2D eigenvalue weighted by atomic mass is 16.6. The normalized spacial score (nSPS) is 11.7. The Kier molecular flexibility index (Phi) is 7.25. The van der Waals surface area contributed by atoms with Gasteiger partial charge in [0, 0.05) is 18.7 Å². The molecule has 0 bridgehead atoms. The first-order valence-electron chi connectivity index (χ1n) is 10.0. The van der Waals surface area contributed by atoms with Crippen LogP contribution < -0.4 is 15.4 Å². The fourth-order valence-corrected chi connectivity index (χ4v) is 3.40. The zero-order valence-electron chi connectivity index (χ0n) is 18.6. The molecule has 0 radical (unpaired) electrons. The topological polar surface area (TPSA) is 105 Å². The summed E-state index contributed by atoms with van der Waals surface area (Å²) in [5, 5.41) is 0.486. The number of ketones is 1. The van der Waals surface area contributed by atoms with Crippen LogP contribution in [0.5, 0.6) is 5.75 Å². The van der Waals surface area contributed by atoms with Gasteiger partial charge in [-0.05, 0) is 39.8 Å². The molecule has 0 fully saturated rings. The van der Waals surface area contributed by atoms with E-state index in [-0.39, 0.29) is 12.2 Å². The summed E-state index contributed by atoms with van der Waals surface area (Å²) in [5.74, 6) is -1.99. The van der Waals surface area contributed by atoms with Gasteiger partial charge in [-0.25, -0.2) is 4.79 Å². The second-order valence-corrected chi connectivity index (χ2v) is 8.64. The summed E-state index contributed by atoms with van der Waals surface area (Å²) in [6.45, 7) is 8.42. The van der Waals surface area contributed by atoms with Crippen molar-refractivity contribution in [2.45, 2.75) is 46.3 Å². The number of Topliss-reactive ketones (excluding diaryl/α,β-unsaturated/α-hetero) is 1. The second kappa shape index (κ2) is 9.30. The van der Waals surface area contributed by atoms with E-state index in [1.54, 1.807) is 39.8 Å². The molecule has 8 nitrogen and oxygen atoms in total. The Labute approximate surface area is 176 Å². The monoisotopic (exact) mass is 418 g/mol. The number of aryl methyl sites for hydroxylation is 1. The zero-order chi connectivity index (χ0) is 22.6. The summed E-state index contributed by atoms with van der Waals surface area (Å²) < 4.78 is 13.0. The fraction of sp³-hybridized carbons (Fsp3) is 0.500. The van der Waals surface area contributed by atoms with Gasteiger partial charge in [0.25, 0.3) is 11.7 Å². The van der Waals surface area contributed by atoms with Crippen LogP contribution in [-0.4, -0.2) is 55.1 Å². The Morgan fingerprint density at radius 2 is 1.83 bits per heavy atom. The molecule has 1 amide bonds. The zero-order valence-corrected chi connectivity index (χ0v) is 18.6. The van der Waals surface area contributed by atoms with Gasteiger partial charge in [0.2, 0.25) is 0 Å². The van der Waals surface area contributed by atoms with Crippen LogP contribution in [0.2, 0.25) is 0 Å². The highest BCUT2D eigenvalue weighted by Gasteiger charge is 2.26. The maximum absolute atomic E-state index is 12.6. The van der Waals surface area contributed by atoms with Gasteiger partial charge in [-0.15, -0.1) is 0 Å². The summed E-state index contributed by atoms with van der Waals surface area (Å²) in [4.78, 5) is 37.7. The molecule has 164 valence electrons. The predicted octanol–water partition coefficient (Wildman–Crippen LogP) is 0.873. The molecule has 1 aromatic carbocycles. The molecule has 2 aromatic rings. The number of nitrogens with zero attached hydrogens (tertiary/aromatic N) is 1. The van der Waals surface area contributed by atoms with Crippen LogP contribution in [0.1, 0.15) is 43.2 Å². The van der Waals surface area contributed by atoms with Gasteiger partial charge in [0.1, 0.15) is 11.4 Å². The second-order valence-electron chi connectivity index (χ2n) is 8.64. The number of amides is 1. The molecule has 3 N–H and O–H groups in total. The maximum atomic E-state index is 12.6. The number of carbonyl (C=O) groups is 3. The molecule has 0 unspecified atom stereocenters. The van der Waals surface area contributed by atoms with Crippen LogP contribution in [0.4, 0.5) is 0 Å². The smallest absolute Gasteiger partial charge is 0.344 e. The molecular weight excluding hydrogens is 386 g/mol. The number of benzene rings is 1. The van der Waals surface area contributed by atoms with E-state index in [0.717, 1.165) is 18.5 Å². The first-order chi connectivity index (χ1) is 13.9. The molecular formula is C22H32N3O5+. The average molecular weight is 419 g/mol. The molecule has 2 rings (SSSR count). The molecule has 0 aliphatic rings. The third-order valence-electron chi connectivity index (χ3n) is 4.59. The highest BCUT2D eigenvalue weighted by molar-refractivity contribution is 6.45. The Morgan fingerprint density at radius 3 is 2.40 bits per heavy atom. The fourth-order valence-electron chi connectivity index (χ4n) is 3.40. The number of ether oxygens (including phenoxy) is 2. The van der Waals surface area contributed by atoms with Crippen LogP contribution in [0.3, 0.4) is 0 Å². The van der Waals surface area contributed by atoms with Crippen molar-refractivity contribution >= 4 is 28.6 Å². The number of primary amides is 1. The van der Waals surface area contributed by atoms with Crippen molar-refractivity contribution in [2.24, 2.45) is 5.73 Å². The SMILES string of the molecule is Cc1c(C(=O)C(N)=O)c2c(OCC(=O)OC(C)(C)C)cccc2n1CCC[NH+](C)C. The number of fused-ring (bicyclic) bond motifs is 1. The van der Waals surface area contributed by atoms with Crippen molar-refractivity contribution in [2.75, 3.05) is 27.2 Å². The molecule has 0 aliphatic heterocycles. The molecule has 30 heavy (non-hydrogen) atoms. The van der Waals surface area contributed by atoms with Crippen LogP contribution in [-0.2, 0) is 20.9 Å². The maximum Gasteiger partial charge on any atom is 0.344 e. The van der Waals surface area contributed by atoms with Gasteiger partial charge >= 0.3 is 5.97 Å². The van der Waals surface area contributed by atoms with Crippen LogP contribution in [0.25, 0.3) is 10.9 Å². The number of quaternary nitrogens is 1. The summed E-state index contributed by atoms with van der Waals surface area (Å²) in [6.07, 6.45) is 0.889. The summed E-state index contributed by atoms with van der Waals surface area (Å²) in [5.41, 5.74) is 6.29. The van der Waals surface area contributed by atoms with Crippen molar-refractivity contribution in [1.82, 2.24) is 4.57 Å². The van der Waals surface area contributed by atoms with E-state index in [1.165, 1.54) is 4.90 Å². The summed E-state index contributed by atoms with van der Waals surface area (Å²) in [6, 6.07) is 5.32. The quantitative estimate of drug-likeness (QED) is 0.357. The Morgan fingerprint density at radius 1 is 1.17 bits per heavy atom. The molecule has 0 aliphatic carbocycles. The number of aromatic nitrogens is 1. The Balaban J connectivity index is 2.47. The minimum absolute atomic E-state index is 0.217. The van der Waals surface area contributed by atoms with E-state index in [4.69, 9.17) is 15.2 Å². The number of carbonyl (C=O) groups excluding carboxylic acids is 3. The van der Waals surface area contributed by atoms with Crippen LogP contribution in [0, 0.1) is 6.92 Å². The molecule has 0 saturated heterocycles.